The Kier molecular flexibility index (Phi) is 8.78. The van der Waals surface area contributed by atoms with E-state index in [0.717, 1.165) is 74.6 Å². The summed E-state index contributed by atoms with van der Waals surface area (Å²) in [7, 11) is 0. The van der Waals surface area contributed by atoms with Crippen LogP contribution in [0, 0.1) is 24.6 Å². The minimum Gasteiger partial charge on any atom is -0.381 e. The Bertz CT molecular complexity index is 1560. The van der Waals surface area contributed by atoms with Crippen molar-refractivity contribution in [3.05, 3.63) is 59.3 Å². The summed E-state index contributed by atoms with van der Waals surface area (Å²) in [6.07, 6.45) is 11.8. The summed E-state index contributed by atoms with van der Waals surface area (Å²) in [4.78, 5) is 37.2. The summed E-state index contributed by atoms with van der Waals surface area (Å²) >= 11 is 0. The lowest BCUT2D eigenvalue weighted by Crippen LogP contribution is -2.49. The number of benzene rings is 1. The SMILES string of the molecule is Cc1cncc2c1c(C[C@@H]1CCN(CC3CCN(C(=O)C(C)(C)O)CC3)C1)cn2-c1ccc(F)cc1C(=O)N1[C@H](C)CC[C@H]1C. The molecule has 0 spiro atoms. The van der Waals surface area contributed by atoms with E-state index in [1.165, 1.54) is 17.7 Å². The van der Waals surface area contributed by atoms with Crippen LogP contribution in [-0.2, 0) is 11.2 Å². The molecule has 0 radical (unpaired) electrons. The smallest absolute Gasteiger partial charge is 0.256 e. The number of hydrogen-bond donors (Lipinski definition) is 1. The van der Waals surface area contributed by atoms with Crippen molar-refractivity contribution < 1.29 is 19.1 Å². The molecule has 3 aliphatic heterocycles. The maximum absolute atomic E-state index is 14.6. The van der Waals surface area contributed by atoms with Crippen molar-refractivity contribution in [1.29, 1.82) is 0 Å². The largest absolute Gasteiger partial charge is 0.381 e. The van der Waals surface area contributed by atoms with Crippen LogP contribution in [0.5, 0.6) is 0 Å². The van der Waals surface area contributed by atoms with Crippen LogP contribution in [0.15, 0.2) is 36.8 Å². The van der Waals surface area contributed by atoms with E-state index in [-0.39, 0.29) is 23.9 Å². The molecule has 0 bridgehead atoms. The predicted molar refractivity (Wildman–Crippen MR) is 174 cm³/mol. The van der Waals surface area contributed by atoms with Crippen molar-refractivity contribution in [3.63, 3.8) is 0 Å². The average molecular weight is 618 g/mol. The van der Waals surface area contributed by atoms with Gasteiger partial charge >= 0.3 is 0 Å². The van der Waals surface area contributed by atoms with Gasteiger partial charge in [-0.15, -0.1) is 0 Å². The second-order valence-corrected chi connectivity index (χ2v) is 14.4. The van der Waals surface area contributed by atoms with Crippen LogP contribution in [0.4, 0.5) is 4.39 Å². The van der Waals surface area contributed by atoms with E-state index >= 15 is 0 Å². The van der Waals surface area contributed by atoms with Gasteiger partial charge < -0.3 is 24.4 Å². The third-order valence-corrected chi connectivity index (χ3v) is 10.4. The second-order valence-electron chi connectivity index (χ2n) is 14.4. The number of aryl methyl sites for hydroxylation is 1. The topological polar surface area (TPSA) is 81.9 Å². The normalized spacial score (nSPS) is 23.4. The molecule has 1 aromatic carbocycles. The highest BCUT2D eigenvalue weighted by atomic mass is 19.1. The number of nitrogens with zero attached hydrogens (tertiary/aromatic N) is 5. The van der Waals surface area contributed by atoms with Gasteiger partial charge in [-0.2, -0.15) is 0 Å². The first-order chi connectivity index (χ1) is 21.4. The van der Waals surface area contributed by atoms with Crippen LogP contribution in [0.1, 0.15) is 81.3 Å². The number of halogens is 1. The molecule has 3 fully saturated rings. The Hall–Kier alpha value is -3.30. The van der Waals surface area contributed by atoms with E-state index < -0.39 is 11.4 Å². The number of amides is 2. The fourth-order valence-corrected chi connectivity index (χ4v) is 8.05. The third kappa shape index (κ3) is 6.39. The molecule has 9 heteroatoms. The van der Waals surface area contributed by atoms with Gasteiger partial charge in [-0.1, -0.05) is 0 Å². The van der Waals surface area contributed by atoms with Gasteiger partial charge in [-0.25, -0.2) is 4.39 Å². The molecule has 3 aromatic rings. The Morgan fingerprint density at radius 3 is 2.38 bits per heavy atom. The summed E-state index contributed by atoms with van der Waals surface area (Å²) < 4.78 is 16.7. The maximum atomic E-state index is 14.6. The fraction of sp³-hybridized carbons (Fsp3) is 0.583. The summed E-state index contributed by atoms with van der Waals surface area (Å²) in [5.74, 6) is 0.361. The molecule has 6 rings (SSSR count). The number of carbonyl (C=O) groups excluding carboxylic acids is 2. The number of carbonyl (C=O) groups is 2. The summed E-state index contributed by atoms with van der Waals surface area (Å²) in [5.41, 5.74) is 3.05. The molecular formula is C36H48FN5O3. The molecular weight excluding hydrogens is 569 g/mol. The zero-order chi connectivity index (χ0) is 32.0. The molecule has 242 valence electrons. The Labute approximate surface area is 266 Å². The standard InChI is InChI=1S/C36H48FN5O3/c1-23-18-38-19-32-33(23)28(16-27-10-13-39(21-27)20-26-11-14-40(15-12-26)35(44)36(4,5)45)22-41(32)31-9-8-29(37)17-30(31)34(43)42-24(2)6-7-25(42)3/h8-9,17-19,22,24-27,45H,6-7,10-16,20-21H2,1-5H3/t24-,25-,27+/m1/s1. The van der Waals surface area contributed by atoms with Crippen LogP contribution < -0.4 is 0 Å². The van der Waals surface area contributed by atoms with Crippen LogP contribution in [0.3, 0.4) is 0 Å². The molecule has 3 saturated heterocycles. The predicted octanol–water partition coefficient (Wildman–Crippen LogP) is 5.36. The molecule has 2 aromatic heterocycles. The molecule has 0 unspecified atom stereocenters. The molecule has 3 atom stereocenters. The Morgan fingerprint density at radius 2 is 1.69 bits per heavy atom. The van der Waals surface area contributed by atoms with Gasteiger partial charge in [-0.05, 0) is 121 Å². The van der Waals surface area contributed by atoms with Crippen LogP contribution in [-0.4, -0.2) is 91.6 Å². The maximum Gasteiger partial charge on any atom is 0.256 e. The van der Waals surface area contributed by atoms with Gasteiger partial charge in [0, 0.05) is 56.0 Å². The van der Waals surface area contributed by atoms with E-state index in [1.807, 2.05) is 22.2 Å². The van der Waals surface area contributed by atoms with Crippen molar-refractivity contribution in [1.82, 2.24) is 24.3 Å². The monoisotopic (exact) mass is 617 g/mol. The summed E-state index contributed by atoms with van der Waals surface area (Å²) in [6.45, 7) is 13.9. The van der Waals surface area contributed by atoms with Crippen molar-refractivity contribution in [3.8, 4) is 5.69 Å². The number of aromatic nitrogens is 2. The second kappa shape index (κ2) is 12.5. The van der Waals surface area contributed by atoms with Gasteiger partial charge in [0.15, 0.2) is 0 Å². The number of fused-ring (bicyclic) bond motifs is 1. The zero-order valence-electron chi connectivity index (χ0n) is 27.4. The van der Waals surface area contributed by atoms with E-state index in [4.69, 9.17) is 0 Å². The van der Waals surface area contributed by atoms with Gasteiger partial charge in [-0.3, -0.25) is 14.6 Å². The molecule has 5 heterocycles. The zero-order valence-corrected chi connectivity index (χ0v) is 27.4. The van der Waals surface area contributed by atoms with Gasteiger partial charge in [0.25, 0.3) is 11.8 Å². The number of piperidine rings is 1. The minimum absolute atomic E-state index is 0.118. The lowest BCUT2D eigenvalue weighted by atomic mass is 9.94. The number of hydrogen-bond acceptors (Lipinski definition) is 5. The van der Waals surface area contributed by atoms with Crippen LogP contribution >= 0.6 is 0 Å². The third-order valence-electron chi connectivity index (χ3n) is 10.4. The van der Waals surface area contributed by atoms with E-state index in [9.17, 15) is 19.1 Å². The van der Waals surface area contributed by atoms with Gasteiger partial charge in [0.05, 0.1) is 23.0 Å². The van der Waals surface area contributed by atoms with Crippen molar-refractivity contribution in [2.75, 3.05) is 32.7 Å². The molecule has 8 nitrogen and oxygen atoms in total. The number of pyridine rings is 1. The minimum atomic E-state index is -1.31. The van der Waals surface area contributed by atoms with Crippen LogP contribution in [0.2, 0.25) is 0 Å². The molecule has 45 heavy (non-hydrogen) atoms. The molecule has 3 aliphatic rings. The quantitative estimate of drug-likeness (QED) is 0.386. The highest BCUT2D eigenvalue weighted by molar-refractivity contribution is 5.99. The van der Waals surface area contributed by atoms with Crippen LogP contribution in [0.25, 0.3) is 16.6 Å². The van der Waals surface area contributed by atoms with E-state index in [2.05, 4.69) is 41.4 Å². The number of rotatable bonds is 7. The van der Waals surface area contributed by atoms with Crippen molar-refractivity contribution in [2.24, 2.45) is 11.8 Å². The fourth-order valence-electron chi connectivity index (χ4n) is 8.05. The summed E-state index contributed by atoms with van der Waals surface area (Å²) in [6, 6.07) is 4.81. The van der Waals surface area contributed by atoms with E-state index in [0.29, 0.717) is 36.2 Å². The lowest BCUT2D eigenvalue weighted by molar-refractivity contribution is -0.149. The van der Waals surface area contributed by atoms with Crippen molar-refractivity contribution in [2.45, 2.75) is 90.8 Å². The highest BCUT2D eigenvalue weighted by Crippen LogP contribution is 2.34. The van der Waals surface area contributed by atoms with Gasteiger partial charge in [0.1, 0.15) is 11.4 Å². The van der Waals surface area contributed by atoms with Gasteiger partial charge in [0.2, 0.25) is 0 Å². The summed E-state index contributed by atoms with van der Waals surface area (Å²) in [5, 5.41) is 11.3. The average Bonchev–Trinajstić information content (AvgIpc) is 3.70. The first-order valence-electron chi connectivity index (χ1n) is 16.7. The molecule has 1 N–H and O–H groups in total. The number of likely N-dealkylation sites (tertiary alicyclic amines) is 3. The Balaban J connectivity index is 1.19. The first-order valence-corrected chi connectivity index (χ1v) is 16.7. The molecule has 0 aliphatic carbocycles. The lowest BCUT2D eigenvalue weighted by Gasteiger charge is -2.36. The number of aliphatic hydroxyl groups is 1. The molecule has 2 amide bonds. The van der Waals surface area contributed by atoms with E-state index in [1.54, 1.807) is 19.9 Å². The molecule has 0 saturated carbocycles. The van der Waals surface area contributed by atoms with Crippen molar-refractivity contribution >= 4 is 22.7 Å². The highest BCUT2D eigenvalue weighted by Gasteiger charge is 2.35. The Morgan fingerprint density at radius 1 is 1.00 bits per heavy atom. The first kappa shape index (κ1) is 31.7.